The Balaban J connectivity index is 2.18. The minimum absolute atomic E-state index is 0.0782. The van der Waals surface area contributed by atoms with Crippen LogP contribution in [-0.4, -0.2) is 42.7 Å². The summed E-state index contributed by atoms with van der Waals surface area (Å²) in [4.78, 5) is 0. The monoisotopic (exact) mass is 229 g/mol. The van der Waals surface area contributed by atoms with Crippen LogP contribution in [-0.2, 0) is 0 Å². The van der Waals surface area contributed by atoms with Gasteiger partial charge >= 0.3 is 0 Å². The number of aryl methyl sites for hydroxylation is 1. The first-order valence-electron chi connectivity index (χ1n) is 5.03. The maximum Gasteiger partial charge on any atom is 0.128 e. The predicted molar refractivity (Wildman–Crippen MR) is 57.5 cm³/mol. The fourth-order valence-electron chi connectivity index (χ4n) is 1.77. The Morgan fingerprint density at radius 1 is 1.47 bits per heavy atom. The van der Waals surface area contributed by atoms with Gasteiger partial charge in [0.15, 0.2) is 0 Å². The number of rotatable bonds is 2. The van der Waals surface area contributed by atoms with Crippen LogP contribution in [0.25, 0.3) is 0 Å². The molecule has 6 heteroatoms. The number of hydrogen-bond acceptors (Lipinski definition) is 5. The highest BCUT2D eigenvalue weighted by molar-refractivity contribution is 8.00. The van der Waals surface area contributed by atoms with E-state index in [0.717, 1.165) is 12.1 Å². The summed E-state index contributed by atoms with van der Waals surface area (Å²) in [5, 5.41) is 27.3. The van der Waals surface area contributed by atoms with Gasteiger partial charge in [-0.25, -0.2) is 4.68 Å². The molecule has 1 fully saturated rings. The molecule has 4 atom stereocenters. The molecular formula is C9H15N3O2S. The number of hydrogen-bond donors (Lipinski definition) is 2. The van der Waals surface area contributed by atoms with Crippen LogP contribution in [0.15, 0.2) is 6.20 Å². The third-order valence-corrected chi connectivity index (χ3v) is 4.36. The van der Waals surface area contributed by atoms with E-state index >= 15 is 0 Å². The van der Waals surface area contributed by atoms with Gasteiger partial charge in [-0.05, 0) is 13.3 Å². The van der Waals surface area contributed by atoms with Gasteiger partial charge in [-0.15, -0.1) is 16.9 Å². The fraction of sp³-hybridized carbons (Fsp3) is 0.778. The largest absolute Gasteiger partial charge is 0.389 e. The van der Waals surface area contributed by atoms with Crippen LogP contribution in [0.2, 0.25) is 0 Å². The second-order valence-corrected chi connectivity index (χ2v) is 5.16. The molecule has 2 N–H and O–H groups in total. The molecule has 0 amide bonds. The van der Waals surface area contributed by atoms with Gasteiger partial charge in [0, 0.05) is 11.4 Å². The molecular weight excluding hydrogens is 214 g/mol. The Labute approximate surface area is 92.5 Å². The normalized spacial score (nSPS) is 36.0. The minimum atomic E-state index is -0.763. The molecule has 1 aromatic heterocycles. The number of thioether (sulfide) groups is 1. The fourth-order valence-corrected chi connectivity index (χ4v) is 3.20. The van der Waals surface area contributed by atoms with Gasteiger partial charge < -0.3 is 10.2 Å². The van der Waals surface area contributed by atoms with Gasteiger partial charge in [0.05, 0.1) is 11.8 Å². The Morgan fingerprint density at radius 3 is 2.67 bits per heavy atom. The predicted octanol–water partition coefficient (Wildman–Crippen LogP) is 0.332. The first-order chi connectivity index (χ1) is 7.13. The lowest BCUT2D eigenvalue weighted by Gasteiger charge is -2.14. The van der Waals surface area contributed by atoms with E-state index < -0.39 is 12.2 Å². The summed E-state index contributed by atoms with van der Waals surface area (Å²) in [6, 6.07) is 0. The van der Waals surface area contributed by atoms with E-state index in [1.807, 2.05) is 13.8 Å². The summed E-state index contributed by atoms with van der Waals surface area (Å²) < 4.78 is 1.63. The standard InChI is InChI=1S/C9H15N3O2S/c1-3-6-7(13)8(14)9(15-6)12-4-5(2)10-11-12/h4,6-9,13-14H,3H2,1-2H3/t6-,7?,8-,9-/m0/s1. The van der Waals surface area contributed by atoms with Gasteiger partial charge in [-0.1, -0.05) is 12.1 Å². The van der Waals surface area contributed by atoms with E-state index in [1.165, 1.54) is 0 Å². The van der Waals surface area contributed by atoms with Crippen molar-refractivity contribution in [3.05, 3.63) is 11.9 Å². The summed E-state index contributed by atoms with van der Waals surface area (Å²) in [6.07, 6.45) is 1.19. The SMILES string of the molecule is CC[C@@H]1S[C@H](n2cc(C)nn2)[C@@H](O)C1O. The minimum Gasteiger partial charge on any atom is -0.389 e. The van der Waals surface area contributed by atoms with Crippen LogP contribution in [0.5, 0.6) is 0 Å². The number of aliphatic hydroxyl groups excluding tert-OH is 2. The molecule has 0 radical (unpaired) electrons. The molecule has 1 aromatic rings. The van der Waals surface area contributed by atoms with Crippen molar-refractivity contribution in [2.24, 2.45) is 0 Å². The van der Waals surface area contributed by atoms with Crippen LogP contribution in [0.4, 0.5) is 0 Å². The molecule has 5 nitrogen and oxygen atoms in total. The summed E-state index contributed by atoms with van der Waals surface area (Å²) in [6.45, 7) is 3.85. The van der Waals surface area contributed by atoms with Crippen molar-refractivity contribution in [2.45, 2.75) is 43.1 Å². The average Bonchev–Trinajstić information content (AvgIpc) is 2.74. The first-order valence-corrected chi connectivity index (χ1v) is 5.97. The average molecular weight is 229 g/mol. The zero-order valence-corrected chi connectivity index (χ0v) is 9.55. The summed E-state index contributed by atoms with van der Waals surface area (Å²) in [7, 11) is 0. The Hall–Kier alpha value is -0.590. The van der Waals surface area contributed by atoms with Gasteiger partial charge in [0.25, 0.3) is 0 Å². The molecule has 2 heterocycles. The van der Waals surface area contributed by atoms with Crippen LogP contribution < -0.4 is 0 Å². The third kappa shape index (κ3) is 1.89. The molecule has 1 unspecified atom stereocenters. The highest BCUT2D eigenvalue weighted by Gasteiger charge is 2.42. The zero-order chi connectivity index (χ0) is 11.0. The Bertz CT molecular complexity index is 344. The summed E-state index contributed by atoms with van der Waals surface area (Å²) in [5.41, 5.74) is 0.817. The maximum atomic E-state index is 9.86. The van der Waals surface area contributed by atoms with Gasteiger partial charge in [-0.3, -0.25) is 0 Å². The number of nitrogens with zero attached hydrogens (tertiary/aromatic N) is 3. The molecule has 1 saturated heterocycles. The van der Waals surface area contributed by atoms with E-state index in [0.29, 0.717) is 0 Å². The van der Waals surface area contributed by atoms with Crippen LogP contribution in [0.3, 0.4) is 0 Å². The quantitative estimate of drug-likeness (QED) is 0.765. The molecule has 0 saturated carbocycles. The molecule has 1 aliphatic rings. The topological polar surface area (TPSA) is 71.2 Å². The van der Waals surface area contributed by atoms with Crippen LogP contribution in [0, 0.1) is 6.92 Å². The zero-order valence-electron chi connectivity index (χ0n) is 8.74. The van der Waals surface area contributed by atoms with Crippen molar-refractivity contribution in [3.63, 3.8) is 0 Å². The Kier molecular flexibility index (Phi) is 2.99. The molecule has 0 aliphatic carbocycles. The highest BCUT2D eigenvalue weighted by Crippen LogP contribution is 2.42. The molecule has 84 valence electrons. The molecule has 0 aromatic carbocycles. The lowest BCUT2D eigenvalue weighted by molar-refractivity contribution is 0.0154. The second-order valence-electron chi connectivity index (χ2n) is 3.79. The van der Waals surface area contributed by atoms with E-state index in [4.69, 9.17) is 0 Å². The van der Waals surface area contributed by atoms with Crippen molar-refractivity contribution in [2.75, 3.05) is 0 Å². The van der Waals surface area contributed by atoms with Crippen molar-refractivity contribution in [1.29, 1.82) is 0 Å². The number of aliphatic hydroxyl groups is 2. The van der Waals surface area contributed by atoms with Crippen molar-refractivity contribution >= 4 is 11.8 Å². The summed E-state index contributed by atoms with van der Waals surface area (Å²) >= 11 is 1.55. The lowest BCUT2D eigenvalue weighted by atomic mass is 10.1. The first kappa shape index (κ1) is 10.9. The highest BCUT2D eigenvalue weighted by atomic mass is 32.2. The molecule has 1 aliphatic heterocycles. The molecule has 0 spiro atoms. The maximum absolute atomic E-state index is 9.86. The van der Waals surface area contributed by atoms with Gasteiger partial charge in [0.2, 0.25) is 0 Å². The molecule has 15 heavy (non-hydrogen) atoms. The molecule has 0 bridgehead atoms. The van der Waals surface area contributed by atoms with E-state index in [-0.39, 0.29) is 10.6 Å². The summed E-state index contributed by atoms with van der Waals surface area (Å²) in [5.74, 6) is 0. The van der Waals surface area contributed by atoms with E-state index in [1.54, 1.807) is 22.6 Å². The van der Waals surface area contributed by atoms with E-state index in [9.17, 15) is 10.2 Å². The van der Waals surface area contributed by atoms with Crippen LogP contribution >= 0.6 is 11.8 Å². The van der Waals surface area contributed by atoms with Crippen molar-refractivity contribution in [1.82, 2.24) is 15.0 Å². The smallest absolute Gasteiger partial charge is 0.128 e. The Morgan fingerprint density at radius 2 is 2.20 bits per heavy atom. The number of aromatic nitrogens is 3. The second kappa shape index (κ2) is 4.11. The van der Waals surface area contributed by atoms with Gasteiger partial charge in [0.1, 0.15) is 11.5 Å². The molecule has 2 rings (SSSR count). The van der Waals surface area contributed by atoms with Crippen LogP contribution in [0.1, 0.15) is 24.4 Å². The van der Waals surface area contributed by atoms with Gasteiger partial charge in [-0.2, -0.15) is 0 Å². The lowest BCUT2D eigenvalue weighted by Crippen LogP contribution is -2.31. The van der Waals surface area contributed by atoms with Crippen molar-refractivity contribution < 1.29 is 10.2 Å². The van der Waals surface area contributed by atoms with Crippen molar-refractivity contribution in [3.8, 4) is 0 Å². The third-order valence-electron chi connectivity index (χ3n) is 2.63. The van der Waals surface area contributed by atoms with E-state index in [2.05, 4.69) is 10.3 Å².